The average Bonchev–Trinajstić information content (AvgIpc) is 3.38. The summed E-state index contributed by atoms with van der Waals surface area (Å²) in [7, 11) is 0. The van der Waals surface area contributed by atoms with Crippen molar-refractivity contribution < 1.29 is 14.3 Å². The Labute approximate surface area is 159 Å². The van der Waals surface area contributed by atoms with E-state index in [1.165, 1.54) is 5.56 Å². The fraction of sp³-hybridized carbons (Fsp3) is 0.500. The standard InChI is InChI=1S/C22H24N2O3/c1-3-27-21(25)18-10-17-5-4-16(15-6-8-26-9-7-15)11-19(17)24-20(18)22(13-23)12-14(22)2/h4-5,10-11,14-15H,3,6-9,12H2,1-2H3/t14-,22+/m0/s1. The number of nitrogens with zero attached hydrogens (tertiary/aromatic N) is 2. The van der Waals surface area contributed by atoms with E-state index in [1.54, 1.807) is 6.92 Å². The SMILES string of the molecule is CCOC(=O)c1cc2ccc(C3CCOCC3)cc2nc1[C@@]1(C#N)C[C@@H]1C. The van der Waals surface area contributed by atoms with E-state index in [4.69, 9.17) is 14.5 Å². The van der Waals surface area contributed by atoms with Crippen molar-refractivity contribution in [3.63, 3.8) is 0 Å². The van der Waals surface area contributed by atoms with Gasteiger partial charge in [-0.3, -0.25) is 4.98 Å². The van der Waals surface area contributed by atoms with Crippen LogP contribution in [0, 0.1) is 17.2 Å². The molecule has 0 amide bonds. The van der Waals surface area contributed by atoms with E-state index < -0.39 is 11.4 Å². The molecule has 5 heteroatoms. The number of ether oxygens (including phenoxy) is 2. The van der Waals surface area contributed by atoms with E-state index in [0.717, 1.165) is 43.4 Å². The Hall–Kier alpha value is -2.45. The average molecular weight is 364 g/mol. The summed E-state index contributed by atoms with van der Waals surface area (Å²) < 4.78 is 10.7. The maximum absolute atomic E-state index is 12.5. The first kappa shape index (κ1) is 17.9. The lowest BCUT2D eigenvalue weighted by Gasteiger charge is -2.23. The number of esters is 1. The third-order valence-corrected chi connectivity index (χ3v) is 5.96. The Morgan fingerprint density at radius 1 is 1.37 bits per heavy atom. The molecule has 0 unspecified atom stereocenters. The van der Waals surface area contributed by atoms with Gasteiger partial charge >= 0.3 is 5.97 Å². The molecule has 140 valence electrons. The van der Waals surface area contributed by atoms with Crippen molar-refractivity contribution in [2.24, 2.45) is 5.92 Å². The summed E-state index contributed by atoms with van der Waals surface area (Å²) in [5.41, 5.74) is 2.42. The zero-order chi connectivity index (χ0) is 19.0. The number of pyridine rings is 1. The molecule has 0 N–H and O–H groups in total. The van der Waals surface area contributed by atoms with Gasteiger partial charge in [0.25, 0.3) is 0 Å². The van der Waals surface area contributed by atoms with Crippen LogP contribution in [0.5, 0.6) is 0 Å². The minimum atomic E-state index is -0.676. The molecule has 0 radical (unpaired) electrons. The Morgan fingerprint density at radius 2 is 2.11 bits per heavy atom. The molecule has 0 bridgehead atoms. The second-order valence-electron chi connectivity index (χ2n) is 7.63. The predicted octanol–water partition coefficient (Wildman–Crippen LogP) is 4.11. The number of rotatable bonds is 4. The lowest BCUT2D eigenvalue weighted by molar-refractivity contribution is 0.0524. The lowest BCUT2D eigenvalue weighted by Crippen LogP contribution is -2.18. The van der Waals surface area contributed by atoms with Crippen molar-refractivity contribution in [3.8, 4) is 6.07 Å². The molecule has 5 nitrogen and oxygen atoms in total. The van der Waals surface area contributed by atoms with Crippen LogP contribution >= 0.6 is 0 Å². The number of carbonyl (C=O) groups is 1. The number of fused-ring (bicyclic) bond motifs is 1. The topological polar surface area (TPSA) is 72.2 Å². The predicted molar refractivity (Wildman–Crippen MR) is 102 cm³/mol. The first-order valence-corrected chi connectivity index (χ1v) is 9.70. The fourth-order valence-electron chi connectivity index (χ4n) is 4.14. The number of benzene rings is 1. The number of nitriles is 1. The van der Waals surface area contributed by atoms with Gasteiger partial charge < -0.3 is 9.47 Å². The van der Waals surface area contributed by atoms with Crippen LogP contribution in [0.4, 0.5) is 0 Å². The van der Waals surface area contributed by atoms with Gasteiger partial charge in [0.1, 0.15) is 5.41 Å². The Balaban J connectivity index is 1.82. The van der Waals surface area contributed by atoms with Gasteiger partial charge in [0.05, 0.1) is 29.5 Å². The molecule has 2 fully saturated rings. The summed E-state index contributed by atoms with van der Waals surface area (Å²) >= 11 is 0. The van der Waals surface area contributed by atoms with Gasteiger partial charge in [-0.15, -0.1) is 0 Å². The monoisotopic (exact) mass is 364 g/mol. The largest absolute Gasteiger partial charge is 0.462 e. The number of hydrogen-bond acceptors (Lipinski definition) is 5. The van der Waals surface area contributed by atoms with Crippen molar-refractivity contribution in [2.45, 2.75) is 44.4 Å². The molecule has 1 saturated carbocycles. The van der Waals surface area contributed by atoms with Crippen LogP contribution in [0.3, 0.4) is 0 Å². The van der Waals surface area contributed by atoms with Crippen LogP contribution in [0.1, 0.15) is 60.6 Å². The van der Waals surface area contributed by atoms with E-state index in [9.17, 15) is 10.1 Å². The highest BCUT2D eigenvalue weighted by Gasteiger charge is 2.56. The molecule has 1 aromatic carbocycles. The molecule has 0 spiro atoms. The van der Waals surface area contributed by atoms with Crippen molar-refractivity contribution >= 4 is 16.9 Å². The smallest absolute Gasteiger partial charge is 0.340 e. The molecular weight excluding hydrogens is 340 g/mol. The van der Waals surface area contributed by atoms with Gasteiger partial charge in [0.15, 0.2) is 0 Å². The third kappa shape index (κ3) is 3.08. The minimum Gasteiger partial charge on any atom is -0.462 e. The highest BCUT2D eigenvalue weighted by atomic mass is 16.5. The van der Waals surface area contributed by atoms with Gasteiger partial charge in [-0.05, 0) is 55.7 Å². The summed E-state index contributed by atoms with van der Waals surface area (Å²) in [6.07, 6.45) is 2.75. The van der Waals surface area contributed by atoms with Crippen molar-refractivity contribution in [2.75, 3.05) is 19.8 Å². The van der Waals surface area contributed by atoms with Crippen LogP contribution in [0.25, 0.3) is 10.9 Å². The molecule has 2 atom stereocenters. The summed E-state index contributed by atoms with van der Waals surface area (Å²) in [6.45, 7) is 5.69. The Kier molecular flexibility index (Phi) is 4.61. The second-order valence-corrected chi connectivity index (χ2v) is 7.63. The normalized spacial score (nSPS) is 25.1. The van der Waals surface area contributed by atoms with E-state index in [1.807, 2.05) is 19.1 Å². The van der Waals surface area contributed by atoms with E-state index >= 15 is 0 Å². The molecule has 1 aliphatic heterocycles. The first-order valence-electron chi connectivity index (χ1n) is 9.70. The van der Waals surface area contributed by atoms with Crippen LogP contribution < -0.4 is 0 Å². The minimum absolute atomic E-state index is 0.194. The van der Waals surface area contributed by atoms with Gasteiger partial charge in [0, 0.05) is 18.6 Å². The first-order chi connectivity index (χ1) is 13.1. The van der Waals surface area contributed by atoms with Gasteiger partial charge in [-0.25, -0.2) is 4.79 Å². The highest BCUT2D eigenvalue weighted by Crippen LogP contribution is 2.54. The quantitative estimate of drug-likeness (QED) is 0.764. The molecule has 2 heterocycles. The fourth-order valence-corrected chi connectivity index (χ4v) is 4.14. The van der Waals surface area contributed by atoms with E-state index in [0.29, 0.717) is 23.8 Å². The molecule has 27 heavy (non-hydrogen) atoms. The van der Waals surface area contributed by atoms with Crippen molar-refractivity contribution in [1.82, 2.24) is 4.98 Å². The zero-order valence-corrected chi connectivity index (χ0v) is 15.8. The zero-order valence-electron chi connectivity index (χ0n) is 15.8. The third-order valence-electron chi connectivity index (χ3n) is 5.96. The molecular formula is C22H24N2O3. The van der Waals surface area contributed by atoms with Crippen LogP contribution in [-0.4, -0.2) is 30.8 Å². The highest BCUT2D eigenvalue weighted by molar-refractivity contribution is 5.96. The van der Waals surface area contributed by atoms with Crippen molar-refractivity contribution in [3.05, 3.63) is 41.1 Å². The number of aromatic nitrogens is 1. The van der Waals surface area contributed by atoms with Gasteiger partial charge in [-0.2, -0.15) is 5.26 Å². The van der Waals surface area contributed by atoms with E-state index in [2.05, 4.69) is 18.2 Å². The molecule has 2 aliphatic rings. The van der Waals surface area contributed by atoms with Crippen molar-refractivity contribution in [1.29, 1.82) is 5.26 Å². The second kappa shape index (κ2) is 6.94. The Morgan fingerprint density at radius 3 is 2.74 bits per heavy atom. The van der Waals surface area contributed by atoms with E-state index in [-0.39, 0.29) is 5.92 Å². The molecule has 1 saturated heterocycles. The summed E-state index contributed by atoms with van der Waals surface area (Å²) in [4.78, 5) is 17.4. The number of carbonyl (C=O) groups excluding carboxylic acids is 1. The molecule has 1 aromatic heterocycles. The lowest BCUT2D eigenvalue weighted by atomic mass is 9.90. The molecule has 2 aromatic rings. The summed E-state index contributed by atoms with van der Waals surface area (Å²) in [5, 5.41) is 10.7. The Bertz CT molecular complexity index is 927. The van der Waals surface area contributed by atoms with Crippen LogP contribution in [0.15, 0.2) is 24.3 Å². The molecule has 4 rings (SSSR count). The maximum atomic E-state index is 12.5. The molecule has 1 aliphatic carbocycles. The summed E-state index contributed by atoms with van der Waals surface area (Å²) in [6, 6.07) is 10.5. The van der Waals surface area contributed by atoms with Gasteiger partial charge in [0.2, 0.25) is 0 Å². The number of hydrogen-bond donors (Lipinski definition) is 0. The van der Waals surface area contributed by atoms with Crippen LogP contribution in [-0.2, 0) is 14.9 Å². The summed E-state index contributed by atoms with van der Waals surface area (Å²) in [5.74, 6) is 0.270. The maximum Gasteiger partial charge on any atom is 0.340 e. The van der Waals surface area contributed by atoms with Gasteiger partial charge in [-0.1, -0.05) is 19.1 Å². The van der Waals surface area contributed by atoms with Crippen LogP contribution in [0.2, 0.25) is 0 Å².